The Balaban J connectivity index is 1.68. The first-order valence-corrected chi connectivity index (χ1v) is 6.93. The summed E-state index contributed by atoms with van der Waals surface area (Å²) < 4.78 is 0. The lowest BCUT2D eigenvalue weighted by Crippen LogP contribution is -2.27. The van der Waals surface area contributed by atoms with Crippen LogP contribution in [0.3, 0.4) is 0 Å². The van der Waals surface area contributed by atoms with Crippen LogP contribution in [0, 0.1) is 0 Å². The maximum absolute atomic E-state index is 4.62. The van der Waals surface area contributed by atoms with Crippen LogP contribution in [0.4, 0.5) is 0 Å². The number of hydrogen-bond donors (Lipinski definition) is 1. The second kappa shape index (κ2) is 5.12. The smallest absolute Gasteiger partial charge is 0.177 e. The minimum atomic E-state index is 0.506. The van der Waals surface area contributed by atoms with Gasteiger partial charge in [0.1, 0.15) is 0 Å². The van der Waals surface area contributed by atoms with E-state index < -0.39 is 0 Å². The van der Waals surface area contributed by atoms with E-state index in [-0.39, 0.29) is 0 Å². The van der Waals surface area contributed by atoms with Crippen molar-refractivity contribution >= 4 is 0 Å². The number of rotatable bonds is 2. The first kappa shape index (κ1) is 11.1. The lowest BCUT2D eigenvalue weighted by atomic mass is 9.96. The minimum Gasteiger partial charge on any atom is -0.317 e. The summed E-state index contributed by atoms with van der Waals surface area (Å²) in [5.74, 6) is 1.49. The Labute approximate surface area is 102 Å². The minimum absolute atomic E-state index is 0.506. The van der Waals surface area contributed by atoms with E-state index in [4.69, 9.17) is 0 Å². The second-order valence-electron chi connectivity index (χ2n) is 5.28. The van der Waals surface area contributed by atoms with Crippen molar-refractivity contribution in [2.45, 2.75) is 56.9 Å². The van der Waals surface area contributed by atoms with Gasteiger partial charge in [-0.25, -0.2) is 0 Å². The Morgan fingerprint density at radius 2 is 1.76 bits per heavy atom. The molecule has 0 spiro atoms. The zero-order chi connectivity index (χ0) is 11.5. The molecule has 3 rings (SSSR count). The third-order valence-corrected chi connectivity index (χ3v) is 4.05. The van der Waals surface area contributed by atoms with Crippen LogP contribution in [0.25, 0.3) is 0 Å². The molecule has 2 heterocycles. The van der Waals surface area contributed by atoms with Gasteiger partial charge >= 0.3 is 0 Å². The number of piperidine rings is 1. The van der Waals surface area contributed by atoms with Gasteiger partial charge in [0, 0.05) is 5.92 Å². The zero-order valence-corrected chi connectivity index (χ0v) is 10.3. The van der Waals surface area contributed by atoms with Gasteiger partial charge < -0.3 is 5.32 Å². The fourth-order valence-corrected chi connectivity index (χ4v) is 2.95. The maximum Gasteiger partial charge on any atom is 0.177 e. The van der Waals surface area contributed by atoms with E-state index in [1.165, 1.54) is 32.1 Å². The van der Waals surface area contributed by atoms with Crippen molar-refractivity contribution in [3.8, 4) is 0 Å². The normalized spacial score (nSPS) is 24.0. The molecule has 0 radical (unpaired) electrons. The summed E-state index contributed by atoms with van der Waals surface area (Å²) in [7, 11) is 0. The Kier molecular flexibility index (Phi) is 3.36. The average Bonchev–Trinajstić information content (AvgIpc) is 2.90. The van der Waals surface area contributed by atoms with Crippen molar-refractivity contribution in [2.75, 3.05) is 13.1 Å². The topological polar surface area (TPSA) is 55.6 Å². The van der Waals surface area contributed by atoms with Crippen molar-refractivity contribution in [3.05, 3.63) is 5.82 Å². The number of aromatic nitrogens is 4. The van der Waals surface area contributed by atoms with Crippen LogP contribution in [0.2, 0.25) is 0 Å². The third-order valence-electron chi connectivity index (χ3n) is 4.05. The molecule has 0 bridgehead atoms. The Morgan fingerprint density at radius 1 is 1.00 bits per heavy atom. The summed E-state index contributed by atoms with van der Waals surface area (Å²) in [6, 6.07) is 0.506. The van der Waals surface area contributed by atoms with Gasteiger partial charge in [-0.1, -0.05) is 19.3 Å². The van der Waals surface area contributed by atoms with Crippen molar-refractivity contribution in [1.29, 1.82) is 0 Å². The quantitative estimate of drug-likeness (QED) is 0.846. The van der Waals surface area contributed by atoms with Crippen LogP contribution in [-0.2, 0) is 0 Å². The molecule has 1 aliphatic heterocycles. The predicted octanol–water partition coefficient (Wildman–Crippen LogP) is 1.65. The molecule has 2 fully saturated rings. The number of tetrazole rings is 1. The average molecular weight is 235 g/mol. The fraction of sp³-hybridized carbons (Fsp3) is 0.917. The van der Waals surface area contributed by atoms with Crippen LogP contribution in [0.5, 0.6) is 0 Å². The lowest BCUT2D eigenvalue weighted by molar-refractivity contribution is 0.295. The van der Waals surface area contributed by atoms with Crippen LogP contribution < -0.4 is 5.32 Å². The first-order chi connectivity index (χ1) is 8.43. The fourth-order valence-electron chi connectivity index (χ4n) is 2.95. The molecule has 0 aromatic carbocycles. The van der Waals surface area contributed by atoms with Crippen LogP contribution >= 0.6 is 0 Å². The van der Waals surface area contributed by atoms with Crippen molar-refractivity contribution in [1.82, 2.24) is 25.5 Å². The summed E-state index contributed by atoms with van der Waals surface area (Å²) in [4.78, 5) is 1.89. The molecule has 1 N–H and O–H groups in total. The molecule has 1 aromatic heterocycles. The highest BCUT2D eigenvalue weighted by molar-refractivity contribution is 4.94. The molecule has 0 amide bonds. The summed E-state index contributed by atoms with van der Waals surface area (Å²) >= 11 is 0. The molecule has 94 valence electrons. The summed E-state index contributed by atoms with van der Waals surface area (Å²) in [5.41, 5.74) is 0. The van der Waals surface area contributed by atoms with Gasteiger partial charge in [0.05, 0.1) is 6.04 Å². The highest BCUT2D eigenvalue weighted by atomic mass is 15.6. The zero-order valence-electron chi connectivity index (χ0n) is 10.3. The molecule has 2 aliphatic rings. The molecule has 0 atom stereocenters. The van der Waals surface area contributed by atoms with Gasteiger partial charge in [-0.05, 0) is 44.0 Å². The molecule has 1 saturated carbocycles. The van der Waals surface area contributed by atoms with Gasteiger partial charge in [-0.3, -0.25) is 0 Å². The van der Waals surface area contributed by atoms with E-state index in [0.29, 0.717) is 12.0 Å². The Bertz CT molecular complexity index is 317. The molecule has 1 aromatic rings. The van der Waals surface area contributed by atoms with E-state index in [0.717, 1.165) is 31.8 Å². The van der Waals surface area contributed by atoms with Gasteiger partial charge in [-0.15, -0.1) is 10.2 Å². The van der Waals surface area contributed by atoms with Crippen molar-refractivity contribution < 1.29 is 0 Å². The number of hydrogen-bond acceptors (Lipinski definition) is 4. The van der Waals surface area contributed by atoms with Crippen molar-refractivity contribution in [2.24, 2.45) is 0 Å². The van der Waals surface area contributed by atoms with E-state index >= 15 is 0 Å². The van der Waals surface area contributed by atoms with Crippen LogP contribution in [0.15, 0.2) is 0 Å². The molecular formula is C12H21N5. The first-order valence-electron chi connectivity index (χ1n) is 6.93. The van der Waals surface area contributed by atoms with E-state index in [9.17, 15) is 0 Å². The molecule has 5 heteroatoms. The molecule has 1 saturated heterocycles. The van der Waals surface area contributed by atoms with Gasteiger partial charge in [0.25, 0.3) is 0 Å². The third kappa shape index (κ3) is 2.49. The van der Waals surface area contributed by atoms with E-state index in [2.05, 4.69) is 20.7 Å². The predicted molar refractivity (Wildman–Crippen MR) is 64.8 cm³/mol. The number of nitrogens with zero attached hydrogens (tertiary/aromatic N) is 4. The molecule has 0 unspecified atom stereocenters. The standard InChI is InChI=1S/C12H21N5/c1-2-4-11(5-3-1)17-15-12(14-16-17)10-6-8-13-9-7-10/h10-11,13H,1-9H2. The van der Waals surface area contributed by atoms with E-state index in [1.807, 2.05) is 4.80 Å². The van der Waals surface area contributed by atoms with Crippen LogP contribution in [-0.4, -0.2) is 33.3 Å². The largest absolute Gasteiger partial charge is 0.317 e. The molecule has 17 heavy (non-hydrogen) atoms. The highest BCUT2D eigenvalue weighted by Crippen LogP contribution is 2.27. The monoisotopic (exact) mass is 235 g/mol. The maximum atomic E-state index is 4.62. The SMILES string of the molecule is C1CCC(n2nnc(C3CCNCC3)n2)CC1. The van der Waals surface area contributed by atoms with E-state index in [1.54, 1.807) is 0 Å². The Hall–Kier alpha value is -0.970. The molecule has 5 nitrogen and oxygen atoms in total. The van der Waals surface area contributed by atoms with Crippen molar-refractivity contribution in [3.63, 3.8) is 0 Å². The molecular weight excluding hydrogens is 214 g/mol. The molecule has 1 aliphatic carbocycles. The van der Waals surface area contributed by atoms with Gasteiger partial charge in [0.2, 0.25) is 0 Å². The lowest BCUT2D eigenvalue weighted by Gasteiger charge is -2.21. The highest BCUT2D eigenvalue weighted by Gasteiger charge is 2.23. The summed E-state index contributed by atoms with van der Waals surface area (Å²) in [5, 5.41) is 16.5. The Morgan fingerprint density at radius 3 is 2.53 bits per heavy atom. The second-order valence-corrected chi connectivity index (χ2v) is 5.28. The summed E-state index contributed by atoms with van der Waals surface area (Å²) in [6.45, 7) is 2.17. The van der Waals surface area contributed by atoms with Crippen LogP contribution in [0.1, 0.15) is 62.7 Å². The number of nitrogens with one attached hydrogen (secondary N) is 1. The summed E-state index contributed by atoms with van der Waals surface area (Å²) in [6.07, 6.45) is 8.74. The van der Waals surface area contributed by atoms with Gasteiger partial charge in [0.15, 0.2) is 5.82 Å². The van der Waals surface area contributed by atoms with Gasteiger partial charge in [-0.2, -0.15) is 4.80 Å².